The predicted octanol–water partition coefficient (Wildman–Crippen LogP) is 5.56. The van der Waals surface area contributed by atoms with Crippen LogP contribution < -0.4 is 0 Å². The van der Waals surface area contributed by atoms with Gasteiger partial charge in [-0.3, -0.25) is 9.97 Å². The topological polar surface area (TPSA) is 97.2 Å². The Morgan fingerprint density at radius 2 is 1.52 bits per heavy atom. The predicted molar refractivity (Wildman–Crippen MR) is 129 cm³/mol. The normalized spacial score (nSPS) is 10.8. The maximum Gasteiger partial charge on any atom is 0.335 e. The average Bonchev–Trinajstić information content (AvgIpc) is 2.80. The fraction of sp³-hybridized carbons (Fsp3) is 0.0800. The van der Waals surface area contributed by atoms with Gasteiger partial charge in [0, 0.05) is 35.5 Å². The highest BCUT2D eigenvalue weighted by Gasteiger charge is 2.12. The molecular weight excluding hydrogens is 460 g/mol. The van der Waals surface area contributed by atoms with Crippen molar-refractivity contribution in [3.8, 4) is 22.4 Å². The van der Waals surface area contributed by atoms with E-state index in [9.17, 15) is 13.2 Å². The highest BCUT2D eigenvalue weighted by molar-refractivity contribution is 7.90. The highest BCUT2D eigenvalue weighted by atomic mass is 35.5. The lowest BCUT2D eigenvalue weighted by Crippen LogP contribution is -1.97. The molecule has 2 aromatic heterocycles. The molecule has 33 heavy (non-hydrogen) atoms. The molecule has 0 aliphatic rings. The molecule has 4 aromatic rings. The van der Waals surface area contributed by atoms with Gasteiger partial charge in [-0.15, -0.1) is 0 Å². The Balaban J connectivity index is 0.000000286. The minimum atomic E-state index is -3.23. The Hall–Kier alpha value is -3.55. The lowest BCUT2D eigenvalue weighted by Gasteiger charge is -2.10. The molecule has 1 N–H and O–H groups in total. The molecule has 2 aromatic carbocycles. The van der Waals surface area contributed by atoms with Gasteiger partial charge in [-0.25, -0.2) is 13.2 Å². The zero-order chi connectivity index (χ0) is 24.0. The summed E-state index contributed by atoms with van der Waals surface area (Å²) in [6.45, 7) is 1.92. The van der Waals surface area contributed by atoms with Gasteiger partial charge < -0.3 is 5.11 Å². The number of hydrogen-bond acceptors (Lipinski definition) is 5. The first-order valence-electron chi connectivity index (χ1n) is 9.82. The Labute approximate surface area is 197 Å². The second-order valence-electron chi connectivity index (χ2n) is 7.21. The fourth-order valence-electron chi connectivity index (χ4n) is 2.96. The summed E-state index contributed by atoms with van der Waals surface area (Å²) in [6, 6.07) is 20.7. The van der Waals surface area contributed by atoms with E-state index in [0.717, 1.165) is 28.1 Å². The smallest absolute Gasteiger partial charge is 0.335 e. The van der Waals surface area contributed by atoms with E-state index in [4.69, 9.17) is 16.7 Å². The van der Waals surface area contributed by atoms with Crippen LogP contribution in [0.5, 0.6) is 0 Å². The molecule has 4 rings (SSSR count). The molecule has 0 spiro atoms. The maximum absolute atomic E-state index is 11.6. The molecule has 2 heterocycles. The Morgan fingerprint density at radius 1 is 0.879 bits per heavy atom. The lowest BCUT2D eigenvalue weighted by molar-refractivity contribution is 0.0697. The van der Waals surface area contributed by atoms with Crippen LogP contribution in [-0.2, 0) is 9.84 Å². The summed E-state index contributed by atoms with van der Waals surface area (Å²) < 4.78 is 23.2. The van der Waals surface area contributed by atoms with Gasteiger partial charge in [0.1, 0.15) is 0 Å². The van der Waals surface area contributed by atoms with Crippen molar-refractivity contribution in [2.45, 2.75) is 11.8 Å². The number of aryl methyl sites for hydroxylation is 1. The third-order valence-corrected chi connectivity index (χ3v) is 5.99. The number of rotatable bonds is 4. The van der Waals surface area contributed by atoms with Crippen LogP contribution >= 0.6 is 11.6 Å². The van der Waals surface area contributed by atoms with Gasteiger partial charge in [0.15, 0.2) is 9.84 Å². The fourth-order valence-corrected chi connectivity index (χ4v) is 3.75. The van der Waals surface area contributed by atoms with Gasteiger partial charge in [-0.05, 0) is 55.0 Å². The molecule has 0 radical (unpaired) electrons. The largest absolute Gasteiger partial charge is 0.478 e. The van der Waals surface area contributed by atoms with Gasteiger partial charge in [0.25, 0.3) is 0 Å². The van der Waals surface area contributed by atoms with Gasteiger partial charge in [0.05, 0.1) is 21.2 Å². The number of aromatic nitrogens is 2. The summed E-state index contributed by atoms with van der Waals surface area (Å²) in [5.74, 6) is -0.879. The van der Waals surface area contributed by atoms with E-state index in [0.29, 0.717) is 10.6 Å². The SMILES string of the molecule is Cc1ccc(-c2ncc(Cl)cc2-c2ccc(S(C)(=O)=O)cc2)cn1.O=C(O)c1ccccc1. The molecular formula is C25H21ClN2O4S. The van der Waals surface area contributed by atoms with Crippen molar-refractivity contribution < 1.29 is 18.3 Å². The molecule has 0 saturated heterocycles. The molecule has 0 aliphatic carbocycles. The van der Waals surface area contributed by atoms with Crippen molar-refractivity contribution in [1.82, 2.24) is 9.97 Å². The monoisotopic (exact) mass is 480 g/mol. The first-order chi connectivity index (χ1) is 15.6. The third kappa shape index (κ3) is 6.47. The van der Waals surface area contributed by atoms with Crippen molar-refractivity contribution in [2.24, 2.45) is 0 Å². The number of nitrogens with zero attached hydrogens (tertiary/aromatic N) is 2. The van der Waals surface area contributed by atoms with Crippen LogP contribution in [0.1, 0.15) is 16.1 Å². The van der Waals surface area contributed by atoms with Crippen LogP contribution in [0.3, 0.4) is 0 Å². The minimum Gasteiger partial charge on any atom is -0.478 e. The number of halogens is 1. The van der Waals surface area contributed by atoms with Crippen LogP contribution in [0, 0.1) is 6.92 Å². The van der Waals surface area contributed by atoms with Gasteiger partial charge in [-0.1, -0.05) is 41.9 Å². The Bertz CT molecular complexity index is 1360. The molecule has 0 bridgehead atoms. The van der Waals surface area contributed by atoms with E-state index < -0.39 is 15.8 Å². The molecule has 0 unspecified atom stereocenters. The first-order valence-corrected chi connectivity index (χ1v) is 12.1. The molecule has 0 amide bonds. The zero-order valence-corrected chi connectivity index (χ0v) is 19.5. The van der Waals surface area contributed by atoms with Crippen LogP contribution in [0.15, 0.2) is 90.1 Å². The number of sulfone groups is 1. The first kappa shape index (κ1) is 24.1. The second kappa shape index (κ2) is 10.4. The Morgan fingerprint density at radius 3 is 2.03 bits per heavy atom. The molecule has 168 valence electrons. The summed E-state index contributed by atoms with van der Waals surface area (Å²) >= 11 is 6.11. The van der Waals surface area contributed by atoms with E-state index in [-0.39, 0.29) is 4.90 Å². The van der Waals surface area contributed by atoms with Crippen molar-refractivity contribution in [3.63, 3.8) is 0 Å². The van der Waals surface area contributed by atoms with E-state index in [1.807, 2.05) is 25.1 Å². The van der Waals surface area contributed by atoms with E-state index in [1.165, 1.54) is 6.26 Å². The summed E-state index contributed by atoms with van der Waals surface area (Å²) in [5, 5.41) is 8.90. The van der Waals surface area contributed by atoms with E-state index in [2.05, 4.69) is 9.97 Å². The second-order valence-corrected chi connectivity index (χ2v) is 9.66. The van der Waals surface area contributed by atoms with E-state index >= 15 is 0 Å². The van der Waals surface area contributed by atoms with Crippen LogP contribution in [-0.4, -0.2) is 35.7 Å². The molecule has 8 heteroatoms. The highest BCUT2D eigenvalue weighted by Crippen LogP contribution is 2.32. The number of pyridine rings is 2. The number of benzene rings is 2. The summed E-state index contributed by atoms with van der Waals surface area (Å²) in [6.07, 6.45) is 4.54. The standard InChI is InChI=1S/C18H15ClN2O2S.C7H6O2/c1-12-3-4-14(10-20-12)18-17(9-15(19)11-21-18)13-5-7-16(8-6-13)24(2,22)23;8-7(9)6-4-2-1-3-5-6/h3-11H,1-2H3;1-5H,(H,8,9). The number of aromatic carboxylic acids is 1. The number of carboxylic acid groups (broad SMARTS) is 1. The van der Waals surface area contributed by atoms with E-state index in [1.54, 1.807) is 67.0 Å². The minimum absolute atomic E-state index is 0.278. The summed E-state index contributed by atoms with van der Waals surface area (Å²) in [5.41, 5.74) is 4.55. The third-order valence-electron chi connectivity index (χ3n) is 4.65. The lowest BCUT2D eigenvalue weighted by atomic mass is 10.0. The van der Waals surface area contributed by atoms with Crippen LogP contribution in [0.2, 0.25) is 5.02 Å². The van der Waals surface area contributed by atoms with Crippen LogP contribution in [0.25, 0.3) is 22.4 Å². The summed E-state index contributed by atoms with van der Waals surface area (Å²) in [7, 11) is -3.23. The van der Waals surface area contributed by atoms with Crippen molar-refractivity contribution in [1.29, 1.82) is 0 Å². The molecule has 6 nitrogen and oxygen atoms in total. The zero-order valence-electron chi connectivity index (χ0n) is 17.9. The van der Waals surface area contributed by atoms with Crippen molar-refractivity contribution in [2.75, 3.05) is 6.26 Å². The van der Waals surface area contributed by atoms with Gasteiger partial charge in [0.2, 0.25) is 0 Å². The van der Waals surface area contributed by atoms with Gasteiger partial charge in [-0.2, -0.15) is 0 Å². The number of carboxylic acids is 1. The molecule has 0 saturated carbocycles. The number of hydrogen-bond donors (Lipinski definition) is 1. The maximum atomic E-state index is 11.6. The molecule has 0 aliphatic heterocycles. The average molecular weight is 481 g/mol. The van der Waals surface area contributed by atoms with Crippen molar-refractivity contribution >= 4 is 27.4 Å². The van der Waals surface area contributed by atoms with Crippen LogP contribution in [0.4, 0.5) is 0 Å². The number of carbonyl (C=O) groups is 1. The van der Waals surface area contributed by atoms with Crippen molar-refractivity contribution in [3.05, 3.63) is 101 Å². The van der Waals surface area contributed by atoms with Gasteiger partial charge >= 0.3 is 5.97 Å². The Kier molecular flexibility index (Phi) is 7.58. The summed E-state index contributed by atoms with van der Waals surface area (Å²) in [4.78, 5) is 19.2. The molecule has 0 atom stereocenters. The quantitative estimate of drug-likeness (QED) is 0.410. The molecule has 0 fully saturated rings.